The first-order valence-electron chi connectivity index (χ1n) is 5.44. The first kappa shape index (κ1) is 13.4. The van der Waals surface area contributed by atoms with Crippen LogP contribution in [-0.2, 0) is 14.3 Å². The number of hydrogen-bond acceptors (Lipinski definition) is 4. The third kappa shape index (κ3) is 3.14. The van der Waals surface area contributed by atoms with Crippen LogP contribution in [0, 0.1) is 11.8 Å². The van der Waals surface area contributed by atoms with Crippen LogP contribution < -0.4 is 0 Å². The molecule has 2 unspecified atom stereocenters. The van der Waals surface area contributed by atoms with E-state index in [0.29, 0.717) is 19.5 Å². The van der Waals surface area contributed by atoms with Crippen molar-refractivity contribution < 1.29 is 14.3 Å². The summed E-state index contributed by atoms with van der Waals surface area (Å²) in [7, 11) is 1.40. The SMILES string of the molecule is COC(=O)C1CN(C(=O)CCSC)CC1C. The van der Waals surface area contributed by atoms with E-state index < -0.39 is 0 Å². The number of carbonyl (C=O) groups is 2. The minimum absolute atomic E-state index is 0.146. The van der Waals surface area contributed by atoms with E-state index in [0.717, 1.165) is 5.75 Å². The monoisotopic (exact) mass is 245 g/mol. The van der Waals surface area contributed by atoms with Gasteiger partial charge in [-0.2, -0.15) is 11.8 Å². The highest BCUT2D eigenvalue weighted by molar-refractivity contribution is 7.98. The molecule has 1 aliphatic rings. The van der Waals surface area contributed by atoms with Gasteiger partial charge in [0.15, 0.2) is 0 Å². The average Bonchev–Trinajstić information content (AvgIpc) is 2.67. The fourth-order valence-corrected chi connectivity index (χ4v) is 2.35. The molecule has 5 heteroatoms. The van der Waals surface area contributed by atoms with Gasteiger partial charge in [0, 0.05) is 25.3 Å². The number of thioether (sulfide) groups is 1. The van der Waals surface area contributed by atoms with E-state index in [-0.39, 0.29) is 23.7 Å². The van der Waals surface area contributed by atoms with Gasteiger partial charge < -0.3 is 9.64 Å². The highest BCUT2D eigenvalue weighted by atomic mass is 32.2. The average molecular weight is 245 g/mol. The van der Waals surface area contributed by atoms with E-state index in [2.05, 4.69) is 0 Å². The summed E-state index contributed by atoms with van der Waals surface area (Å²) in [5.41, 5.74) is 0. The maximum Gasteiger partial charge on any atom is 0.310 e. The van der Waals surface area contributed by atoms with Gasteiger partial charge in [-0.15, -0.1) is 0 Å². The first-order valence-corrected chi connectivity index (χ1v) is 6.84. The van der Waals surface area contributed by atoms with Crippen molar-refractivity contribution in [3.8, 4) is 0 Å². The van der Waals surface area contributed by atoms with Gasteiger partial charge in [0.05, 0.1) is 13.0 Å². The van der Waals surface area contributed by atoms with Gasteiger partial charge in [-0.25, -0.2) is 0 Å². The number of methoxy groups -OCH3 is 1. The lowest BCUT2D eigenvalue weighted by Crippen LogP contribution is -2.30. The van der Waals surface area contributed by atoms with E-state index in [9.17, 15) is 9.59 Å². The Bertz CT molecular complexity index is 270. The second kappa shape index (κ2) is 6.13. The fraction of sp³-hybridized carbons (Fsp3) is 0.818. The Morgan fingerprint density at radius 1 is 1.44 bits per heavy atom. The van der Waals surface area contributed by atoms with Crippen molar-refractivity contribution >= 4 is 23.6 Å². The Balaban J connectivity index is 2.49. The molecule has 1 heterocycles. The molecule has 1 rings (SSSR count). The van der Waals surface area contributed by atoms with Crippen LogP contribution in [0.25, 0.3) is 0 Å². The molecule has 0 spiro atoms. The Kier molecular flexibility index (Phi) is 5.12. The van der Waals surface area contributed by atoms with Crippen molar-refractivity contribution in [2.24, 2.45) is 11.8 Å². The molecule has 0 aromatic rings. The summed E-state index contributed by atoms with van der Waals surface area (Å²) in [6.07, 6.45) is 2.54. The minimum Gasteiger partial charge on any atom is -0.469 e. The molecule has 0 aromatic carbocycles. The van der Waals surface area contributed by atoms with Crippen LogP contribution in [-0.4, -0.2) is 49.0 Å². The fourth-order valence-electron chi connectivity index (χ4n) is 1.98. The lowest BCUT2D eigenvalue weighted by Gasteiger charge is -2.15. The second-order valence-electron chi connectivity index (χ2n) is 4.15. The molecule has 92 valence electrons. The Hall–Kier alpha value is -0.710. The molecule has 4 nitrogen and oxygen atoms in total. The van der Waals surface area contributed by atoms with Gasteiger partial charge in [-0.05, 0) is 12.2 Å². The number of hydrogen-bond donors (Lipinski definition) is 0. The maximum atomic E-state index is 11.8. The smallest absolute Gasteiger partial charge is 0.310 e. The summed E-state index contributed by atoms with van der Waals surface area (Å²) in [4.78, 5) is 25.0. The normalized spacial score (nSPS) is 24.6. The molecule has 0 saturated carbocycles. The van der Waals surface area contributed by atoms with Crippen molar-refractivity contribution in [1.82, 2.24) is 4.90 Å². The van der Waals surface area contributed by atoms with Crippen LogP contribution >= 0.6 is 11.8 Å². The molecule has 1 amide bonds. The minimum atomic E-state index is -0.201. The zero-order chi connectivity index (χ0) is 12.1. The topological polar surface area (TPSA) is 46.6 Å². The largest absolute Gasteiger partial charge is 0.469 e. The second-order valence-corrected chi connectivity index (χ2v) is 5.13. The number of esters is 1. The van der Waals surface area contributed by atoms with Gasteiger partial charge >= 0.3 is 5.97 Å². The summed E-state index contributed by atoms with van der Waals surface area (Å²) < 4.78 is 4.73. The summed E-state index contributed by atoms with van der Waals surface area (Å²) in [6.45, 7) is 3.18. The van der Waals surface area contributed by atoms with Gasteiger partial charge in [-0.1, -0.05) is 6.92 Å². The van der Waals surface area contributed by atoms with E-state index in [1.54, 1.807) is 16.7 Å². The lowest BCUT2D eigenvalue weighted by molar-refractivity contribution is -0.146. The molecule has 16 heavy (non-hydrogen) atoms. The van der Waals surface area contributed by atoms with Crippen LogP contribution in [0.3, 0.4) is 0 Å². The number of amides is 1. The molecule has 1 aliphatic heterocycles. The Morgan fingerprint density at radius 3 is 2.69 bits per heavy atom. The first-order chi connectivity index (χ1) is 7.60. The molecular formula is C11H19NO3S. The third-order valence-electron chi connectivity index (χ3n) is 2.99. The molecule has 0 radical (unpaired) electrons. The van der Waals surface area contributed by atoms with Crippen LogP contribution in [0.4, 0.5) is 0 Å². The molecule has 0 N–H and O–H groups in total. The van der Waals surface area contributed by atoms with Crippen molar-refractivity contribution in [1.29, 1.82) is 0 Å². The predicted octanol–water partition coefficient (Wildman–Crippen LogP) is 1.01. The third-order valence-corrected chi connectivity index (χ3v) is 3.60. The van der Waals surface area contributed by atoms with Gasteiger partial charge in [0.2, 0.25) is 5.91 Å². The quantitative estimate of drug-likeness (QED) is 0.693. The number of likely N-dealkylation sites (tertiary alicyclic amines) is 1. The van der Waals surface area contributed by atoms with Gasteiger partial charge in [0.1, 0.15) is 0 Å². The highest BCUT2D eigenvalue weighted by Crippen LogP contribution is 2.24. The number of rotatable bonds is 4. The molecular weight excluding hydrogens is 226 g/mol. The van der Waals surface area contributed by atoms with E-state index in [4.69, 9.17) is 4.74 Å². The molecule has 0 aliphatic carbocycles. The van der Waals surface area contributed by atoms with E-state index in [1.807, 2.05) is 13.2 Å². The predicted molar refractivity (Wildman–Crippen MR) is 64.2 cm³/mol. The van der Waals surface area contributed by atoms with Crippen LogP contribution in [0.5, 0.6) is 0 Å². The Labute approximate surface area is 101 Å². The van der Waals surface area contributed by atoms with Crippen molar-refractivity contribution in [3.05, 3.63) is 0 Å². The highest BCUT2D eigenvalue weighted by Gasteiger charge is 2.37. The molecule has 1 fully saturated rings. The summed E-state index contributed by atoms with van der Waals surface area (Å²) >= 11 is 1.66. The summed E-state index contributed by atoms with van der Waals surface area (Å²) in [6, 6.07) is 0. The van der Waals surface area contributed by atoms with E-state index in [1.165, 1.54) is 7.11 Å². The molecule has 0 bridgehead atoms. The maximum absolute atomic E-state index is 11.8. The van der Waals surface area contributed by atoms with Crippen LogP contribution in [0.15, 0.2) is 0 Å². The number of nitrogens with zero attached hydrogens (tertiary/aromatic N) is 1. The summed E-state index contributed by atoms with van der Waals surface area (Å²) in [5, 5.41) is 0. The molecule has 1 saturated heterocycles. The van der Waals surface area contributed by atoms with Crippen LogP contribution in [0.2, 0.25) is 0 Å². The standard InChI is InChI=1S/C11H19NO3S/c1-8-6-12(10(13)4-5-16-3)7-9(8)11(14)15-2/h8-9H,4-7H2,1-3H3. The zero-order valence-corrected chi connectivity index (χ0v) is 10.9. The zero-order valence-electron chi connectivity index (χ0n) is 10.1. The lowest BCUT2D eigenvalue weighted by atomic mass is 9.99. The van der Waals surface area contributed by atoms with Crippen LogP contribution in [0.1, 0.15) is 13.3 Å². The van der Waals surface area contributed by atoms with Crippen molar-refractivity contribution in [3.63, 3.8) is 0 Å². The van der Waals surface area contributed by atoms with Gasteiger partial charge in [0.25, 0.3) is 0 Å². The van der Waals surface area contributed by atoms with Gasteiger partial charge in [-0.3, -0.25) is 9.59 Å². The number of carbonyl (C=O) groups excluding carboxylic acids is 2. The molecule has 2 atom stereocenters. The summed E-state index contributed by atoms with van der Waals surface area (Å²) in [5.74, 6) is 0.834. The number of ether oxygens (including phenoxy) is 1. The Morgan fingerprint density at radius 2 is 2.12 bits per heavy atom. The van der Waals surface area contributed by atoms with Crippen molar-refractivity contribution in [2.45, 2.75) is 13.3 Å². The van der Waals surface area contributed by atoms with E-state index >= 15 is 0 Å². The van der Waals surface area contributed by atoms with Crippen molar-refractivity contribution in [2.75, 3.05) is 32.2 Å². The molecule has 0 aromatic heterocycles.